The molecule has 4 nitrogen and oxygen atoms in total. The lowest BCUT2D eigenvalue weighted by atomic mass is 10.1. The highest BCUT2D eigenvalue weighted by Gasteiger charge is 2.33. The third-order valence-corrected chi connectivity index (χ3v) is 4.70. The number of halogens is 1. The van der Waals surface area contributed by atoms with E-state index < -0.39 is 5.82 Å². The summed E-state index contributed by atoms with van der Waals surface area (Å²) in [5.74, 6) is 0.134. The number of benzene rings is 3. The van der Waals surface area contributed by atoms with Gasteiger partial charge in [-0.1, -0.05) is 48.0 Å². The summed E-state index contributed by atoms with van der Waals surface area (Å²) in [5, 5.41) is 0. The highest BCUT2D eigenvalue weighted by atomic mass is 19.1. The number of carbonyl (C=O) groups excluding carboxylic acids is 1. The number of rotatable bonds is 4. The molecule has 0 atom stereocenters. The number of para-hydroxylation sites is 1. The van der Waals surface area contributed by atoms with Gasteiger partial charge in [-0.15, -0.1) is 0 Å². The molecule has 0 spiro atoms. The zero-order valence-corrected chi connectivity index (χ0v) is 16.1. The van der Waals surface area contributed by atoms with Crippen molar-refractivity contribution in [3.05, 3.63) is 101 Å². The molecule has 0 fully saturated rings. The Labute approximate surface area is 168 Å². The maximum atomic E-state index is 14.5. The standard InChI is InChI=1S/C24H19FN2O2/c1-16-11-13-18(14-12-16)27-23(19-8-4-5-9-20(19)25)26-21(24(27)28)15-17-7-3-6-10-22(17)29-2/h3-15H,1-2H3/b21-15+. The molecular weight excluding hydrogens is 367 g/mol. The molecule has 0 bridgehead atoms. The minimum absolute atomic E-state index is 0.216. The Balaban J connectivity index is 1.86. The largest absolute Gasteiger partial charge is 0.496 e. The Bertz CT molecular complexity index is 1130. The zero-order chi connectivity index (χ0) is 20.4. The van der Waals surface area contributed by atoms with Crippen LogP contribution in [0.5, 0.6) is 5.75 Å². The maximum Gasteiger partial charge on any atom is 0.282 e. The van der Waals surface area contributed by atoms with Crippen molar-refractivity contribution in [3.63, 3.8) is 0 Å². The lowest BCUT2D eigenvalue weighted by Crippen LogP contribution is -2.33. The molecule has 144 valence electrons. The van der Waals surface area contributed by atoms with Gasteiger partial charge in [0.15, 0.2) is 5.84 Å². The molecule has 0 radical (unpaired) electrons. The molecule has 1 aliphatic rings. The average molecular weight is 386 g/mol. The van der Waals surface area contributed by atoms with Crippen LogP contribution in [0.4, 0.5) is 10.1 Å². The number of amidine groups is 1. The molecule has 5 heteroatoms. The molecule has 0 saturated heterocycles. The monoisotopic (exact) mass is 386 g/mol. The van der Waals surface area contributed by atoms with Crippen molar-refractivity contribution in [2.75, 3.05) is 12.0 Å². The van der Waals surface area contributed by atoms with E-state index in [0.717, 1.165) is 11.1 Å². The fourth-order valence-electron chi connectivity index (χ4n) is 3.21. The molecule has 4 rings (SSSR count). The predicted molar refractivity (Wildman–Crippen MR) is 113 cm³/mol. The van der Waals surface area contributed by atoms with Gasteiger partial charge in [0.05, 0.1) is 18.4 Å². The van der Waals surface area contributed by atoms with Crippen LogP contribution in [0.15, 0.2) is 83.5 Å². The number of anilines is 1. The van der Waals surface area contributed by atoms with Gasteiger partial charge in [0, 0.05) is 5.56 Å². The number of nitrogens with zero attached hydrogens (tertiary/aromatic N) is 2. The van der Waals surface area contributed by atoms with Gasteiger partial charge >= 0.3 is 0 Å². The lowest BCUT2D eigenvalue weighted by molar-refractivity contribution is -0.113. The summed E-state index contributed by atoms with van der Waals surface area (Å²) in [6, 6.07) is 21.1. The maximum absolute atomic E-state index is 14.5. The minimum atomic E-state index is -0.435. The van der Waals surface area contributed by atoms with Crippen LogP contribution < -0.4 is 9.64 Å². The number of amides is 1. The van der Waals surface area contributed by atoms with Crippen LogP contribution in [0.25, 0.3) is 6.08 Å². The van der Waals surface area contributed by atoms with E-state index in [4.69, 9.17) is 4.74 Å². The predicted octanol–water partition coefficient (Wildman–Crippen LogP) is 4.98. The lowest BCUT2D eigenvalue weighted by Gasteiger charge is -2.19. The van der Waals surface area contributed by atoms with Crippen molar-refractivity contribution >= 4 is 23.5 Å². The summed E-state index contributed by atoms with van der Waals surface area (Å²) in [6.45, 7) is 1.97. The van der Waals surface area contributed by atoms with E-state index >= 15 is 0 Å². The molecule has 0 unspecified atom stereocenters. The second-order valence-corrected chi connectivity index (χ2v) is 6.66. The van der Waals surface area contributed by atoms with E-state index in [0.29, 0.717) is 11.4 Å². The van der Waals surface area contributed by atoms with Crippen LogP contribution in [-0.2, 0) is 4.79 Å². The molecule has 0 N–H and O–H groups in total. The van der Waals surface area contributed by atoms with Crippen LogP contribution >= 0.6 is 0 Å². The summed E-state index contributed by atoms with van der Waals surface area (Å²) in [5.41, 5.74) is 2.90. The number of carbonyl (C=O) groups is 1. The Kier molecular flexibility index (Phi) is 4.96. The van der Waals surface area contributed by atoms with Gasteiger partial charge in [-0.25, -0.2) is 9.38 Å². The van der Waals surface area contributed by atoms with E-state index in [1.807, 2.05) is 55.5 Å². The molecular formula is C24H19FN2O2. The van der Waals surface area contributed by atoms with Crippen LogP contribution in [-0.4, -0.2) is 18.9 Å². The van der Waals surface area contributed by atoms with Gasteiger partial charge < -0.3 is 4.74 Å². The summed E-state index contributed by atoms with van der Waals surface area (Å²) in [6.07, 6.45) is 1.66. The second-order valence-electron chi connectivity index (χ2n) is 6.66. The first kappa shape index (κ1) is 18.6. The Hall–Kier alpha value is -3.73. The van der Waals surface area contributed by atoms with E-state index in [2.05, 4.69) is 4.99 Å². The van der Waals surface area contributed by atoms with Gasteiger partial charge in [0.2, 0.25) is 0 Å². The smallest absolute Gasteiger partial charge is 0.282 e. The Morgan fingerprint density at radius 1 is 0.966 bits per heavy atom. The minimum Gasteiger partial charge on any atom is -0.496 e. The first-order valence-electron chi connectivity index (χ1n) is 9.18. The van der Waals surface area contributed by atoms with Crippen molar-refractivity contribution in [3.8, 4) is 5.75 Å². The van der Waals surface area contributed by atoms with E-state index in [1.54, 1.807) is 31.4 Å². The first-order valence-corrected chi connectivity index (χ1v) is 9.18. The SMILES string of the molecule is COc1ccccc1/C=C1/N=C(c2ccccc2F)N(c2ccc(C)cc2)C1=O. The van der Waals surface area contributed by atoms with Gasteiger partial charge in [-0.2, -0.15) is 0 Å². The van der Waals surface area contributed by atoms with E-state index in [1.165, 1.54) is 11.0 Å². The van der Waals surface area contributed by atoms with Crippen molar-refractivity contribution in [1.82, 2.24) is 0 Å². The Morgan fingerprint density at radius 2 is 1.66 bits per heavy atom. The summed E-state index contributed by atoms with van der Waals surface area (Å²) >= 11 is 0. The molecule has 3 aromatic carbocycles. The number of methoxy groups -OCH3 is 1. The topological polar surface area (TPSA) is 41.9 Å². The first-order chi connectivity index (χ1) is 14.1. The number of hydrogen-bond acceptors (Lipinski definition) is 3. The fraction of sp³-hybridized carbons (Fsp3) is 0.0833. The van der Waals surface area contributed by atoms with Gasteiger partial charge in [0.1, 0.15) is 17.3 Å². The molecule has 1 amide bonds. The third kappa shape index (κ3) is 3.55. The number of hydrogen-bond donors (Lipinski definition) is 0. The normalized spacial score (nSPS) is 15.0. The van der Waals surface area contributed by atoms with Crippen LogP contribution in [0, 0.1) is 12.7 Å². The third-order valence-electron chi connectivity index (χ3n) is 4.70. The molecule has 29 heavy (non-hydrogen) atoms. The van der Waals surface area contributed by atoms with Gasteiger partial charge in [-0.3, -0.25) is 9.69 Å². The summed E-state index contributed by atoms with van der Waals surface area (Å²) in [4.78, 5) is 19.2. The number of ether oxygens (including phenoxy) is 1. The fourth-order valence-corrected chi connectivity index (χ4v) is 3.21. The van der Waals surface area contributed by atoms with Gasteiger partial charge in [-0.05, 0) is 43.3 Å². The molecule has 1 heterocycles. The second kappa shape index (κ2) is 7.72. The number of aliphatic imine (C=N–C) groups is 1. The Morgan fingerprint density at radius 3 is 2.38 bits per heavy atom. The van der Waals surface area contributed by atoms with Crippen LogP contribution in [0.3, 0.4) is 0 Å². The van der Waals surface area contributed by atoms with E-state index in [9.17, 15) is 9.18 Å². The van der Waals surface area contributed by atoms with Crippen LogP contribution in [0.2, 0.25) is 0 Å². The molecule has 3 aromatic rings. The molecule has 0 saturated carbocycles. The van der Waals surface area contributed by atoms with Crippen molar-refractivity contribution in [2.24, 2.45) is 4.99 Å². The molecule has 1 aliphatic heterocycles. The van der Waals surface area contributed by atoms with Crippen molar-refractivity contribution in [2.45, 2.75) is 6.92 Å². The quantitative estimate of drug-likeness (QED) is 0.594. The highest BCUT2D eigenvalue weighted by Crippen LogP contribution is 2.30. The van der Waals surface area contributed by atoms with Crippen LogP contribution in [0.1, 0.15) is 16.7 Å². The summed E-state index contributed by atoms with van der Waals surface area (Å²) in [7, 11) is 1.57. The average Bonchev–Trinajstić information content (AvgIpc) is 3.05. The molecule has 0 aromatic heterocycles. The van der Waals surface area contributed by atoms with Crippen molar-refractivity contribution in [1.29, 1.82) is 0 Å². The highest BCUT2D eigenvalue weighted by molar-refractivity contribution is 6.33. The van der Waals surface area contributed by atoms with Crippen molar-refractivity contribution < 1.29 is 13.9 Å². The molecule has 0 aliphatic carbocycles. The van der Waals surface area contributed by atoms with E-state index in [-0.39, 0.29) is 23.0 Å². The number of aryl methyl sites for hydroxylation is 1. The van der Waals surface area contributed by atoms with Gasteiger partial charge in [0.25, 0.3) is 5.91 Å². The summed E-state index contributed by atoms with van der Waals surface area (Å²) < 4.78 is 19.9. The zero-order valence-electron chi connectivity index (χ0n) is 16.1.